The summed E-state index contributed by atoms with van der Waals surface area (Å²) in [7, 11) is -2.12. The van der Waals surface area contributed by atoms with Crippen LogP contribution < -0.4 is 4.87 Å². The second-order valence-corrected chi connectivity index (χ2v) is 7.20. The van der Waals surface area contributed by atoms with E-state index < -0.39 is 10.0 Å². The van der Waals surface area contributed by atoms with Gasteiger partial charge in [-0.15, -0.1) is 0 Å². The second-order valence-electron chi connectivity index (χ2n) is 4.13. The Balaban J connectivity index is 3.17. The van der Waals surface area contributed by atoms with Gasteiger partial charge in [0.25, 0.3) is 10.0 Å². The highest BCUT2D eigenvalue weighted by Crippen LogP contribution is 2.22. The normalized spacial score (nSPS) is 12.6. The molecule has 0 aliphatic heterocycles. The minimum atomic E-state index is -3.64. The summed E-state index contributed by atoms with van der Waals surface area (Å²) in [5.74, 6) is 0. The third-order valence-electron chi connectivity index (χ3n) is 2.42. The summed E-state index contributed by atoms with van der Waals surface area (Å²) in [4.78, 5) is 13.3. The smallest absolute Gasteiger partial charge is 0.305 e. The van der Waals surface area contributed by atoms with Crippen LogP contribution >= 0.6 is 11.3 Å². The molecule has 0 spiro atoms. The van der Waals surface area contributed by atoms with Gasteiger partial charge in [0, 0.05) is 25.4 Å². The van der Waals surface area contributed by atoms with Crippen LogP contribution in [0.3, 0.4) is 0 Å². The number of hydrogen-bond donors (Lipinski definition) is 1. The summed E-state index contributed by atoms with van der Waals surface area (Å²) in [6.45, 7) is 5.74. The van der Waals surface area contributed by atoms with E-state index in [2.05, 4.69) is 4.98 Å². The maximum atomic E-state index is 12.4. The van der Waals surface area contributed by atoms with Crippen molar-refractivity contribution in [2.24, 2.45) is 0 Å². The van der Waals surface area contributed by atoms with Gasteiger partial charge < -0.3 is 9.72 Å². The molecule has 8 heteroatoms. The number of sulfonamides is 1. The molecule has 104 valence electrons. The van der Waals surface area contributed by atoms with Gasteiger partial charge in [0.15, 0.2) is 4.21 Å². The lowest BCUT2D eigenvalue weighted by atomic mass is 10.4. The largest absolute Gasteiger partial charge is 0.383 e. The van der Waals surface area contributed by atoms with E-state index in [4.69, 9.17) is 4.74 Å². The fourth-order valence-corrected chi connectivity index (χ4v) is 4.61. The van der Waals surface area contributed by atoms with Crippen LogP contribution in [-0.4, -0.2) is 44.0 Å². The van der Waals surface area contributed by atoms with Crippen molar-refractivity contribution in [3.63, 3.8) is 0 Å². The van der Waals surface area contributed by atoms with E-state index >= 15 is 0 Å². The highest BCUT2D eigenvalue weighted by Gasteiger charge is 2.30. The molecule has 0 aromatic carbocycles. The Morgan fingerprint density at radius 1 is 1.44 bits per heavy atom. The molecule has 1 heterocycles. The van der Waals surface area contributed by atoms with E-state index in [-0.39, 0.29) is 21.7 Å². The predicted molar refractivity (Wildman–Crippen MR) is 70.6 cm³/mol. The summed E-state index contributed by atoms with van der Waals surface area (Å²) >= 11 is 0.719. The number of aromatic nitrogens is 1. The van der Waals surface area contributed by atoms with Gasteiger partial charge in [-0.1, -0.05) is 11.3 Å². The summed E-state index contributed by atoms with van der Waals surface area (Å²) in [5.41, 5.74) is 0.382. The minimum Gasteiger partial charge on any atom is -0.383 e. The zero-order chi connectivity index (χ0) is 13.9. The van der Waals surface area contributed by atoms with Gasteiger partial charge in [-0.2, -0.15) is 4.31 Å². The van der Waals surface area contributed by atoms with Crippen LogP contribution in [-0.2, 0) is 14.8 Å². The average Bonchev–Trinajstić information content (AvgIpc) is 2.58. The zero-order valence-corrected chi connectivity index (χ0v) is 12.5. The molecule has 1 rings (SSSR count). The molecule has 18 heavy (non-hydrogen) atoms. The Labute approximate surface area is 111 Å². The van der Waals surface area contributed by atoms with Crippen LogP contribution in [0, 0.1) is 6.92 Å². The van der Waals surface area contributed by atoms with Crippen LogP contribution in [0.25, 0.3) is 0 Å². The first-order valence-corrected chi connectivity index (χ1v) is 7.77. The molecule has 0 aliphatic rings. The van der Waals surface area contributed by atoms with Crippen LogP contribution in [0.2, 0.25) is 0 Å². The first kappa shape index (κ1) is 15.4. The van der Waals surface area contributed by atoms with Crippen molar-refractivity contribution in [2.45, 2.75) is 31.0 Å². The van der Waals surface area contributed by atoms with Crippen molar-refractivity contribution in [1.82, 2.24) is 9.29 Å². The molecule has 0 saturated carbocycles. The highest BCUT2D eigenvalue weighted by molar-refractivity contribution is 7.91. The van der Waals surface area contributed by atoms with Crippen LogP contribution in [0.5, 0.6) is 0 Å². The Morgan fingerprint density at radius 2 is 2.06 bits per heavy atom. The summed E-state index contributed by atoms with van der Waals surface area (Å²) < 4.78 is 31.2. The first-order chi connectivity index (χ1) is 8.30. The number of nitrogens with zero attached hydrogens (tertiary/aromatic N) is 1. The van der Waals surface area contributed by atoms with Crippen LogP contribution in [0.4, 0.5) is 0 Å². The number of aryl methyl sites for hydroxylation is 1. The van der Waals surface area contributed by atoms with E-state index in [0.29, 0.717) is 12.3 Å². The molecule has 6 nitrogen and oxygen atoms in total. The zero-order valence-electron chi connectivity index (χ0n) is 10.9. The summed E-state index contributed by atoms with van der Waals surface area (Å²) in [5, 5.41) is 0. The number of hydrogen-bond acceptors (Lipinski definition) is 5. The Bertz CT molecular complexity index is 544. The third kappa shape index (κ3) is 3.19. The lowest BCUT2D eigenvalue weighted by Gasteiger charge is -2.24. The minimum absolute atomic E-state index is 0.0808. The predicted octanol–water partition coefficient (Wildman–Crippen LogP) is 0.790. The number of H-pyrrole nitrogens is 1. The van der Waals surface area contributed by atoms with Gasteiger partial charge >= 0.3 is 4.87 Å². The second kappa shape index (κ2) is 5.96. The van der Waals surface area contributed by atoms with E-state index in [1.165, 1.54) is 11.4 Å². The Kier molecular flexibility index (Phi) is 5.09. The molecular weight excluding hydrogens is 276 g/mol. The van der Waals surface area contributed by atoms with Crippen LogP contribution in [0.15, 0.2) is 9.00 Å². The monoisotopic (exact) mass is 294 g/mol. The average molecular weight is 294 g/mol. The van der Waals surface area contributed by atoms with E-state index in [1.54, 1.807) is 20.8 Å². The van der Waals surface area contributed by atoms with Crippen molar-refractivity contribution in [1.29, 1.82) is 0 Å². The molecule has 0 bridgehead atoms. The number of thiazole rings is 1. The fraction of sp³-hybridized carbons (Fsp3) is 0.700. The fourth-order valence-electron chi connectivity index (χ4n) is 1.58. The third-order valence-corrected chi connectivity index (χ3v) is 6.07. The molecule has 1 aromatic heterocycles. The molecular formula is C10H18N2O4S2. The molecule has 0 amide bonds. The molecule has 0 aliphatic carbocycles. The molecule has 0 radical (unpaired) electrons. The van der Waals surface area contributed by atoms with Crippen molar-refractivity contribution in [3.8, 4) is 0 Å². The molecule has 0 atom stereocenters. The molecule has 0 fully saturated rings. The molecule has 1 aromatic rings. The lowest BCUT2D eigenvalue weighted by Crippen LogP contribution is -2.39. The Hall–Kier alpha value is -0.700. The van der Waals surface area contributed by atoms with Gasteiger partial charge in [-0.05, 0) is 20.8 Å². The highest BCUT2D eigenvalue weighted by atomic mass is 32.2. The topological polar surface area (TPSA) is 79.5 Å². The van der Waals surface area contributed by atoms with Crippen molar-refractivity contribution in [3.05, 3.63) is 15.4 Å². The quantitative estimate of drug-likeness (QED) is 0.841. The first-order valence-electron chi connectivity index (χ1n) is 5.51. The van der Waals surface area contributed by atoms with Gasteiger partial charge in [0.05, 0.1) is 6.61 Å². The van der Waals surface area contributed by atoms with E-state index in [1.807, 2.05) is 0 Å². The number of aromatic amines is 1. The van der Waals surface area contributed by atoms with Crippen molar-refractivity contribution in [2.75, 3.05) is 20.3 Å². The van der Waals surface area contributed by atoms with E-state index in [0.717, 1.165) is 11.3 Å². The SMILES string of the molecule is COCCN(C(C)C)S(=O)(=O)c1sc(=O)[nH]c1C. The number of rotatable bonds is 6. The van der Waals surface area contributed by atoms with Gasteiger partial charge in [0.2, 0.25) is 0 Å². The number of nitrogens with one attached hydrogen (secondary N) is 1. The van der Waals surface area contributed by atoms with Crippen molar-refractivity contribution < 1.29 is 13.2 Å². The maximum Gasteiger partial charge on any atom is 0.305 e. The summed E-state index contributed by atoms with van der Waals surface area (Å²) in [6.07, 6.45) is 0. The van der Waals surface area contributed by atoms with Gasteiger partial charge in [-0.3, -0.25) is 4.79 Å². The number of ether oxygens (including phenoxy) is 1. The van der Waals surface area contributed by atoms with Crippen molar-refractivity contribution >= 4 is 21.4 Å². The maximum absolute atomic E-state index is 12.4. The van der Waals surface area contributed by atoms with Gasteiger partial charge in [-0.25, -0.2) is 8.42 Å². The standard InChI is InChI=1S/C10H18N2O4S2/c1-7(2)12(5-6-16-4)18(14,15)9-8(3)11-10(13)17-9/h7H,5-6H2,1-4H3,(H,11,13). The molecule has 0 unspecified atom stereocenters. The molecule has 0 saturated heterocycles. The van der Waals surface area contributed by atoms with Crippen LogP contribution in [0.1, 0.15) is 19.5 Å². The lowest BCUT2D eigenvalue weighted by molar-refractivity contribution is 0.171. The van der Waals surface area contributed by atoms with E-state index in [9.17, 15) is 13.2 Å². The number of methoxy groups -OCH3 is 1. The molecule has 1 N–H and O–H groups in total. The summed E-state index contributed by atoms with van der Waals surface area (Å²) in [6, 6.07) is -0.193. The van der Waals surface area contributed by atoms with Gasteiger partial charge in [0.1, 0.15) is 0 Å². The Morgan fingerprint density at radius 3 is 2.44 bits per heavy atom.